The highest BCUT2D eigenvalue weighted by atomic mass is 16.3. The second kappa shape index (κ2) is 2.41. The van der Waals surface area contributed by atoms with Crippen LogP contribution in [-0.2, 0) is 0 Å². The Labute approximate surface area is 68.2 Å². The lowest BCUT2D eigenvalue weighted by atomic mass is 10.3. The van der Waals surface area contributed by atoms with Crippen molar-refractivity contribution in [3.8, 4) is 0 Å². The number of fused-ring (bicyclic) bond motifs is 1. The zero-order valence-electron chi connectivity index (χ0n) is 6.44. The highest BCUT2D eigenvalue weighted by Gasteiger charge is 2.04. The zero-order chi connectivity index (χ0) is 8.55. The molecule has 0 aromatic carbocycles. The fourth-order valence-electron chi connectivity index (χ4n) is 0.949. The Balaban J connectivity index is 2.68. The molecule has 12 heavy (non-hydrogen) atoms. The van der Waals surface area contributed by atoms with Crippen molar-refractivity contribution in [1.29, 1.82) is 0 Å². The average Bonchev–Trinajstić information content (AvgIpc) is 2.49. The molecule has 0 saturated carbocycles. The van der Waals surface area contributed by atoms with E-state index in [1.54, 1.807) is 12.1 Å². The van der Waals surface area contributed by atoms with Crippen molar-refractivity contribution >= 4 is 17.0 Å². The molecule has 0 atom stereocenters. The molecule has 2 aromatic heterocycles. The second-order valence-corrected chi connectivity index (χ2v) is 2.43. The van der Waals surface area contributed by atoms with Gasteiger partial charge in [-0.2, -0.15) is 4.98 Å². The number of nitrogens with zero attached hydrogens (tertiary/aromatic N) is 2. The van der Waals surface area contributed by atoms with Gasteiger partial charge in [-0.05, 0) is 12.1 Å². The molecule has 0 N–H and O–H groups in total. The van der Waals surface area contributed by atoms with Crippen molar-refractivity contribution in [3.05, 3.63) is 24.2 Å². The topological polar surface area (TPSA) is 56.0 Å². The lowest BCUT2D eigenvalue weighted by Crippen LogP contribution is -1.95. The van der Waals surface area contributed by atoms with Gasteiger partial charge in [0, 0.05) is 6.92 Å². The van der Waals surface area contributed by atoms with Crippen LogP contribution in [-0.4, -0.2) is 15.8 Å². The smallest absolute Gasteiger partial charge is 0.199 e. The molecule has 0 unspecified atom stereocenters. The minimum atomic E-state index is -0.0695. The highest BCUT2D eigenvalue weighted by Crippen LogP contribution is 2.09. The van der Waals surface area contributed by atoms with Gasteiger partial charge >= 0.3 is 0 Å². The SMILES string of the molecule is CC(=O)c1ccc2ocnc2n1. The van der Waals surface area contributed by atoms with E-state index in [0.717, 1.165) is 0 Å². The number of hydrogen-bond acceptors (Lipinski definition) is 4. The van der Waals surface area contributed by atoms with Crippen molar-refractivity contribution in [2.24, 2.45) is 0 Å². The molecular formula is C8H6N2O2. The molecule has 2 aromatic rings. The number of aromatic nitrogens is 2. The first kappa shape index (κ1) is 6.97. The summed E-state index contributed by atoms with van der Waals surface area (Å²) < 4.78 is 4.97. The van der Waals surface area contributed by atoms with Crippen LogP contribution in [0.15, 0.2) is 22.9 Å². The van der Waals surface area contributed by atoms with E-state index in [-0.39, 0.29) is 5.78 Å². The van der Waals surface area contributed by atoms with Crippen LogP contribution in [0.25, 0.3) is 11.2 Å². The summed E-state index contributed by atoms with van der Waals surface area (Å²) in [5, 5.41) is 0. The van der Waals surface area contributed by atoms with Gasteiger partial charge in [0.15, 0.2) is 23.4 Å². The van der Waals surface area contributed by atoms with Gasteiger partial charge in [0.25, 0.3) is 0 Å². The number of Topliss-reactive ketones (excluding diaryl/α,β-unsaturated/α-hetero) is 1. The molecule has 0 saturated heterocycles. The van der Waals surface area contributed by atoms with Gasteiger partial charge in [0.2, 0.25) is 0 Å². The Hall–Kier alpha value is -1.71. The molecule has 0 aliphatic carbocycles. The molecule has 4 heteroatoms. The van der Waals surface area contributed by atoms with Gasteiger partial charge in [-0.25, -0.2) is 4.98 Å². The van der Waals surface area contributed by atoms with Crippen LogP contribution in [0.4, 0.5) is 0 Å². The van der Waals surface area contributed by atoms with Crippen LogP contribution in [0.2, 0.25) is 0 Å². The predicted molar refractivity (Wildman–Crippen MR) is 41.8 cm³/mol. The quantitative estimate of drug-likeness (QED) is 0.595. The summed E-state index contributed by atoms with van der Waals surface area (Å²) in [5.74, 6) is -0.0695. The summed E-state index contributed by atoms with van der Waals surface area (Å²) in [7, 11) is 0. The van der Waals surface area contributed by atoms with E-state index >= 15 is 0 Å². The van der Waals surface area contributed by atoms with E-state index in [1.165, 1.54) is 13.3 Å². The summed E-state index contributed by atoms with van der Waals surface area (Å²) in [6.07, 6.45) is 1.31. The Bertz CT molecular complexity index is 433. The molecule has 2 heterocycles. The Kier molecular flexibility index (Phi) is 1.40. The van der Waals surface area contributed by atoms with E-state index in [1.807, 2.05) is 0 Å². The fraction of sp³-hybridized carbons (Fsp3) is 0.125. The van der Waals surface area contributed by atoms with E-state index < -0.39 is 0 Å². The third-order valence-corrected chi connectivity index (χ3v) is 1.55. The van der Waals surface area contributed by atoms with Crippen molar-refractivity contribution < 1.29 is 9.21 Å². The third-order valence-electron chi connectivity index (χ3n) is 1.55. The Morgan fingerprint density at radius 2 is 2.33 bits per heavy atom. The maximum absolute atomic E-state index is 10.9. The number of oxazole rings is 1. The zero-order valence-corrected chi connectivity index (χ0v) is 6.44. The van der Waals surface area contributed by atoms with Crippen LogP contribution in [0, 0.1) is 0 Å². The number of carbonyl (C=O) groups is 1. The second-order valence-electron chi connectivity index (χ2n) is 2.43. The van der Waals surface area contributed by atoms with E-state index in [4.69, 9.17) is 4.42 Å². The summed E-state index contributed by atoms with van der Waals surface area (Å²) in [6.45, 7) is 1.47. The van der Waals surface area contributed by atoms with Crippen LogP contribution in [0.1, 0.15) is 17.4 Å². The van der Waals surface area contributed by atoms with Gasteiger partial charge in [-0.3, -0.25) is 4.79 Å². The molecular weight excluding hydrogens is 156 g/mol. The molecule has 0 bridgehead atoms. The summed E-state index contributed by atoms with van der Waals surface area (Å²) in [6, 6.07) is 3.31. The van der Waals surface area contributed by atoms with Crippen molar-refractivity contribution in [3.63, 3.8) is 0 Å². The van der Waals surface area contributed by atoms with Gasteiger partial charge in [0.05, 0.1) is 0 Å². The standard InChI is InChI=1S/C8H6N2O2/c1-5(11)6-2-3-7-8(10-6)9-4-12-7/h2-4H,1H3. The molecule has 0 spiro atoms. The highest BCUT2D eigenvalue weighted by molar-refractivity contribution is 5.93. The normalized spacial score (nSPS) is 10.4. The van der Waals surface area contributed by atoms with Crippen LogP contribution < -0.4 is 0 Å². The molecule has 0 radical (unpaired) electrons. The minimum Gasteiger partial charge on any atom is -0.442 e. The predicted octanol–water partition coefficient (Wildman–Crippen LogP) is 1.43. The van der Waals surface area contributed by atoms with Gasteiger partial charge in [-0.1, -0.05) is 0 Å². The number of pyridine rings is 1. The Morgan fingerprint density at radius 1 is 1.50 bits per heavy atom. The monoisotopic (exact) mass is 162 g/mol. The Morgan fingerprint density at radius 3 is 3.08 bits per heavy atom. The molecule has 0 fully saturated rings. The van der Waals surface area contributed by atoms with Crippen LogP contribution >= 0.6 is 0 Å². The number of carbonyl (C=O) groups excluding carboxylic acids is 1. The first-order valence-electron chi connectivity index (χ1n) is 3.48. The fourth-order valence-corrected chi connectivity index (χ4v) is 0.949. The number of ketones is 1. The van der Waals surface area contributed by atoms with Crippen LogP contribution in [0.3, 0.4) is 0 Å². The third kappa shape index (κ3) is 0.972. The number of hydrogen-bond donors (Lipinski definition) is 0. The maximum Gasteiger partial charge on any atom is 0.199 e. The lowest BCUT2D eigenvalue weighted by molar-refractivity contribution is 0.101. The number of rotatable bonds is 1. The lowest BCUT2D eigenvalue weighted by Gasteiger charge is -1.91. The molecule has 4 nitrogen and oxygen atoms in total. The largest absolute Gasteiger partial charge is 0.442 e. The van der Waals surface area contributed by atoms with Crippen molar-refractivity contribution in [2.45, 2.75) is 6.92 Å². The molecule has 0 amide bonds. The molecule has 60 valence electrons. The summed E-state index contributed by atoms with van der Waals surface area (Å²) in [4.78, 5) is 18.7. The molecule has 2 rings (SSSR count). The van der Waals surface area contributed by atoms with Gasteiger partial charge < -0.3 is 4.42 Å². The van der Waals surface area contributed by atoms with E-state index in [0.29, 0.717) is 16.9 Å². The first-order chi connectivity index (χ1) is 5.77. The maximum atomic E-state index is 10.9. The van der Waals surface area contributed by atoms with Gasteiger partial charge in [0.1, 0.15) is 5.69 Å². The van der Waals surface area contributed by atoms with Crippen molar-refractivity contribution in [1.82, 2.24) is 9.97 Å². The average molecular weight is 162 g/mol. The molecule has 0 aliphatic heterocycles. The van der Waals surface area contributed by atoms with Crippen LogP contribution in [0.5, 0.6) is 0 Å². The summed E-state index contributed by atoms with van der Waals surface area (Å²) in [5.41, 5.74) is 1.49. The van der Waals surface area contributed by atoms with Crippen molar-refractivity contribution in [2.75, 3.05) is 0 Å². The summed E-state index contributed by atoms with van der Waals surface area (Å²) >= 11 is 0. The van der Waals surface area contributed by atoms with E-state index in [9.17, 15) is 4.79 Å². The minimum absolute atomic E-state index is 0.0695. The first-order valence-corrected chi connectivity index (χ1v) is 3.48. The molecule has 0 aliphatic rings. The van der Waals surface area contributed by atoms with E-state index in [2.05, 4.69) is 9.97 Å². The van der Waals surface area contributed by atoms with Gasteiger partial charge in [-0.15, -0.1) is 0 Å².